The first-order valence-electron chi connectivity index (χ1n) is 5.65. The Morgan fingerprint density at radius 3 is 2.32 bits per heavy atom. The molecule has 0 heterocycles. The van der Waals surface area contributed by atoms with Crippen molar-refractivity contribution >= 4 is 16.1 Å². The van der Waals surface area contributed by atoms with Gasteiger partial charge in [0.25, 0.3) is 0 Å². The minimum atomic E-state index is -3.42. The van der Waals surface area contributed by atoms with Crippen LogP contribution in [0, 0.1) is 0 Å². The van der Waals surface area contributed by atoms with E-state index >= 15 is 0 Å². The van der Waals surface area contributed by atoms with Gasteiger partial charge in [-0.25, -0.2) is 8.42 Å². The van der Waals surface area contributed by atoms with Crippen molar-refractivity contribution in [2.24, 2.45) is 4.99 Å². The van der Waals surface area contributed by atoms with Gasteiger partial charge in [-0.15, -0.1) is 0 Å². The number of aliphatic imine (C=N–C) groups is 1. The number of hydrogen-bond acceptors (Lipinski definition) is 4. The molecule has 0 saturated heterocycles. The first-order valence-corrected chi connectivity index (χ1v) is 7.30. The third-order valence-corrected chi connectivity index (χ3v) is 3.99. The highest BCUT2D eigenvalue weighted by molar-refractivity contribution is 7.91. The van der Waals surface area contributed by atoms with E-state index in [1.807, 2.05) is 0 Å². The van der Waals surface area contributed by atoms with Crippen molar-refractivity contribution in [2.45, 2.75) is 4.90 Å². The molecule has 0 aliphatic carbocycles. The van der Waals surface area contributed by atoms with E-state index in [9.17, 15) is 13.5 Å². The minimum absolute atomic E-state index is 0.0726. The number of phenols is 1. The summed E-state index contributed by atoms with van der Waals surface area (Å²) >= 11 is 0. The number of nitrogens with zero attached hydrogens (tertiary/aromatic N) is 1. The quantitative estimate of drug-likeness (QED) is 0.870. The highest BCUT2D eigenvalue weighted by Gasteiger charge is 2.11. The predicted octanol–water partition coefficient (Wildman–Crippen LogP) is 2.24. The molecule has 0 unspecified atom stereocenters. The maximum Gasteiger partial charge on any atom is 0.198 e. The van der Waals surface area contributed by atoms with Crippen LogP contribution in [0.3, 0.4) is 0 Å². The second-order valence-electron chi connectivity index (χ2n) is 3.93. The molecule has 0 radical (unpaired) electrons. The zero-order chi connectivity index (χ0) is 13.7. The molecule has 2 aromatic rings. The Morgan fingerprint density at radius 1 is 1.00 bits per heavy atom. The highest BCUT2D eigenvalue weighted by Crippen LogP contribution is 2.14. The van der Waals surface area contributed by atoms with E-state index in [-0.39, 0.29) is 16.5 Å². The number of aromatic hydroxyl groups is 1. The van der Waals surface area contributed by atoms with Crippen molar-refractivity contribution in [3.63, 3.8) is 0 Å². The van der Waals surface area contributed by atoms with E-state index in [1.165, 1.54) is 24.4 Å². The number of phenolic OH excluding ortho intramolecular Hbond substituents is 1. The smallest absolute Gasteiger partial charge is 0.198 e. The Morgan fingerprint density at radius 2 is 1.63 bits per heavy atom. The van der Waals surface area contributed by atoms with Crippen LogP contribution in [0.15, 0.2) is 64.5 Å². The molecule has 5 heteroatoms. The summed E-state index contributed by atoms with van der Waals surface area (Å²) in [4.78, 5) is 4.12. The fourth-order valence-corrected chi connectivity index (χ4v) is 2.52. The fourth-order valence-electron chi connectivity index (χ4n) is 1.53. The SMILES string of the molecule is O=S(=O)(CN=Cc1ccccc1O)c1ccccc1. The second kappa shape index (κ2) is 5.67. The maximum atomic E-state index is 11.9. The molecular formula is C14H13NO3S. The molecule has 0 fully saturated rings. The molecule has 1 N–H and O–H groups in total. The van der Waals surface area contributed by atoms with Gasteiger partial charge in [0.15, 0.2) is 9.84 Å². The maximum absolute atomic E-state index is 11.9. The fraction of sp³-hybridized carbons (Fsp3) is 0.0714. The number of para-hydroxylation sites is 1. The lowest BCUT2D eigenvalue weighted by Gasteiger charge is -2.00. The number of benzene rings is 2. The molecule has 0 aliphatic rings. The van der Waals surface area contributed by atoms with E-state index in [0.29, 0.717) is 5.56 Å². The van der Waals surface area contributed by atoms with Crippen LogP contribution in [0.4, 0.5) is 0 Å². The van der Waals surface area contributed by atoms with Crippen molar-refractivity contribution < 1.29 is 13.5 Å². The number of hydrogen-bond donors (Lipinski definition) is 1. The average molecular weight is 275 g/mol. The van der Waals surface area contributed by atoms with Crippen LogP contribution in [-0.4, -0.2) is 25.6 Å². The van der Waals surface area contributed by atoms with Crippen LogP contribution >= 0.6 is 0 Å². The van der Waals surface area contributed by atoms with Gasteiger partial charge in [0.1, 0.15) is 11.6 Å². The molecule has 0 atom stereocenters. The summed E-state index contributed by atoms with van der Waals surface area (Å²) in [6.07, 6.45) is 1.36. The van der Waals surface area contributed by atoms with Crippen LogP contribution in [0.25, 0.3) is 0 Å². The Kier molecular flexibility index (Phi) is 3.97. The van der Waals surface area contributed by atoms with Gasteiger partial charge in [-0.3, -0.25) is 4.99 Å². The molecular weight excluding hydrogens is 262 g/mol. The van der Waals surface area contributed by atoms with E-state index in [0.717, 1.165) is 0 Å². The molecule has 98 valence electrons. The summed E-state index contributed by atoms with van der Waals surface area (Å²) in [6.45, 7) is 0. The Labute approximate surface area is 112 Å². The van der Waals surface area contributed by atoms with Gasteiger partial charge in [-0.05, 0) is 24.3 Å². The third-order valence-electron chi connectivity index (χ3n) is 2.51. The summed E-state index contributed by atoms with van der Waals surface area (Å²) in [7, 11) is -3.42. The van der Waals surface area contributed by atoms with Gasteiger partial charge >= 0.3 is 0 Å². The molecule has 4 nitrogen and oxygen atoms in total. The Bertz CT molecular complexity index is 679. The van der Waals surface area contributed by atoms with E-state index in [2.05, 4.69) is 4.99 Å². The predicted molar refractivity (Wildman–Crippen MR) is 74.2 cm³/mol. The standard InChI is InChI=1S/C14H13NO3S/c16-14-9-5-4-6-12(14)10-15-11-19(17,18)13-7-2-1-3-8-13/h1-10,16H,11H2. The van der Waals surface area contributed by atoms with Gasteiger partial charge < -0.3 is 5.11 Å². The largest absolute Gasteiger partial charge is 0.507 e. The topological polar surface area (TPSA) is 66.7 Å². The van der Waals surface area contributed by atoms with E-state index in [4.69, 9.17) is 0 Å². The molecule has 0 bridgehead atoms. The van der Waals surface area contributed by atoms with Crippen LogP contribution < -0.4 is 0 Å². The van der Waals surface area contributed by atoms with E-state index < -0.39 is 9.84 Å². The molecule has 0 aromatic heterocycles. The van der Waals surface area contributed by atoms with Crippen LogP contribution in [-0.2, 0) is 9.84 Å². The van der Waals surface area contributed by atoms with Crippen molar-refractivity contribution in [3.05, 3.63) is 60.2 Å². The summed E-state index contributed by atoms with van der Waals surface area (Å²) in [5, 5.41) is 9.52. The van der Waals surface area contributed by atoms with Gasteiger partial charge in [-0.2, -0.15) is 0 Å². The molecule has 0 saturated carbocycles. The first-order chi connectivity index (χ1) is 9.09. The second-order valence-corrected chi connectivity index (χ2v) is 5.89. The molecule has 19 heavy (non-hydrogen) atoms. The van der Waals surface area contributed by atoms with Gasteiger partial charge in [0, 0.05) is 11.8 Å². The van der Waals surface area contributed by atoms with Crippen LogP contribution in [0.2, 0.25) is 0 Å². The Hall–Kier alpha value is -2.14. The highest BCUT2D eigenvalue weighted by atomic mass is 32.2. The number of sulfone groups is 1. The molecule has 2 aromatic carbocycles. The molecule has 0 spiro atoms. The summed E-state index contributed by atoms with van der Waals surface area (Å²) in [6, 6.07) is 14.8. The van der Waals surface area contributed by atoms with Crippen molar-refractivity contribution in [1.82, 2.24) is 0 Å². The summed E-state index contributed by atoms with van der Waals surface area (Å²) in [5.74, 6) is -0.269. The van der Waals surface area contributed by atoms with Gasteiger partial charge in [-0.1, -0.05) is 30.3 Å². The Balaban J connectivity index is 2.13. The number of rotatable bonds is 4. The van der Waals surface area contributed by atoms with Crippen molar-refractivity contribution in [1.29, 1.82) is 0 Å². The molecule has 0 amide bonds. The molecule has 2 rings (SSSR count). The van der Waals surface area contributed by atoms with Crippen molar-refractivity contribution in [3.8, 4) is 5.75 Å². The first kappa shape index (κ1) is 13.3. The minimum Gasteiger partial charge on any atom is -0.507 e. The lowest BCUT2D eigenvalue weighted by atomic mass is 10.2. The zero-order valence-electron chi connectivity index (χ0n) is 10.1. The van der Waals surface area contributed by atoms with Gasteiger partial charge in [0.2, 0.25) is 0 Å². The summed E-state index contributed by atoms with van der Waals surface area (Å²) < 4.78 is 23.9. The lowest BCUT2D eigenvalue weighted by molar-refractivity contribution is 0.474. The zero-order valence-corrected chi connectivity index (χ0v) is 10.9. The van der Waals surface area contributed by atoms with Crippen molar-refractivity contribution in [2.75, 3.05) is 5.88 Å². The van der Waals surface area contributed by atoms with E-state index in [1.54, 1.807) is 36.4 Å². The lowest BCUT2D eigenvalue weighted by Crippen LogP contribution is -2.04. The normalized spacial score (nSPS) is 11.8. The summed E-state index contributed by atoms with van der Waals surface area (Å²) in [5.41, 5.74) is 0.491. The average Bonchev–Trinajstić information content (AvgIpc) is 2.42. The third kappa shape index (κ3) is 3.42. The van der Waals surface area contributed by atoms with Crippen LogP contribution in [0.5, 0.6) is 5.75 Å². The molecule has 0 aliphatic heterocycles. The van der Waals surface area contributed by atoms with Gasteiger partial charge in [0.05, 0.1) is 4.90 Å². The monoisotopic (exact) mass is 275 g/mol. The van der Waals surface area contributed by atoms with Crippen LogP contribution in [0.1, 0.15) is 5.56 Å².